The van der Waals surface area contributed by atoms with Crippen molar-refractivity contribution in [2.75, 3.05) is 0 Å². The fourth-order valence-electron chi connectivity index (χ4n) is 1.37. The minimum Gasteiger partial charge on any atom is -0.508 e. The molecule has 1 aromatic carbocycles. The molecule has 78 valence electrons. The summed E-state index contributed by atoms with van der Waals surface area (Å²) in [5.74, 6) is -0.0360. The van der Waals surface area contributed by atoms with Crippen LogP contribution < -0.4 is 0 Å². The van der Waals surface area contributed by atoms with Crippen molar-refractivity contribution in [1.29, 1.82) is 0 Å². The zero-order valence-electron chi connectivity index (χ0n) is 8.27. The first-order valence-corrected chi connectivity index (χ1v) is 4.84. The van der Waals surface area contributed by atoms with Crippen molar-refractivity contribution in [3.05, 3.63) is 23.8 Å². The van der Waals surface area contributed by atoms with Crippen LogP contribution in [0.25, 0.3) is 0 Å². The highest BCUT2D eigenvalue weighted by molar-refractivity contribution is 5.37. The Balaban J connectivity index is 2.73. The van der Waals surface area contributed by atoms with E-state index in [1.807, 2.05) is 6.92 Å². The predicted molar refractivity (Wildman–Crippen MR) is 54.3 cm³/mol. The van der Waals surface area contributed by atoms with Gasteiger partial charge in [0.1, 0.15) is 11.5 Å². The van der Waals surface area contributed by atoms with Gasteiger partial charge in [-0.05, 0) is 24.1 Å². The Morgan fingerprint density at radius 2 is 1.71 bits per heavy atom. The monoisotopic (exact) mass is 196 g/mol. The topological polar surface area (TPSA) is 60.7 Å². The van der Waals surface area contributed by atoms with Crippen molar-refractivity contribution in [3.63, 3.8) is 0 Å². The summed E-state index contributed by atoms with van der Waals surface area (Å²) in [6.45, 7) is 2.05. The molecule has 1 rings (SSSR count). The van der Waals surface area contributed by atoms with Crippen LogP contribution in [0.3, 0.4) is 0 Å². The van der Waals surface area contributed by atoms with Gasteiger partial charge in [-0.2, -0.15) is 0 Å². The van der Waals surface area contributed by atoms with Gasteiger partial charge in [0.2, 0.25) is 0 Å². The number of hydrogen-bond acceptors (Lipinski definition) is 3. The average Bonchev–Trinajstić information content (AvgIpc) is 2.12. The zero-order chi connectivity index (χ0) is 10.6. The molecule has 0 heterocycles. The molecule has 0 saturated heterocycles. The number of benzene rings is 1. The SMILES string of the molecule is CCCCC(O)c1cc(O)cc(O)c1. The summed E-state index contributed by atoms with van der Waals surface area (Å²) >= 11 is 0. The van der Waals surface area contributed by atoms with Gasteiger partial charge >= 0.3 is 0 Å². The van der Waals surface area contributed by atoms with Crippen LogP contribution in [-0.2, 0) is 0 Å². The van der Waals surface area contributed by atoms with Crippen LogP contribution in [0.5, 0.6) is 11.5 Å². The molecule has 0 aromatic heterocycles. The lowest BCUT2D eigenvalue weighted by Gasteiger charge is -2.10. The number of aliphatic hydroxyl groups is 1. The molecule has 0 aliphatic heterocycles. The number of aliphatic hydroxyl groups excluding tert-OH is 1. The van der Waals surface area contributed by atoms with Crippen molar-refractivity contribution in [2.45, 2.75) is 32.3 Å². The highest BCUT2D eigenvalue weighted by atomic mass is 16.3. The van der Waals surface area contributed by atoms with Gasteiger partial charge in [-0.15, -0.1) is 0 Å². The molecule has 3 heteroatoms. The molecule has 0 aliphatic rings. The molecule has 3 nitrogen and oxygen atoms in total. The second-order valence-electron chi connectivity index (χ2n) is 3.44. The van der Waals surface area contributed by atoms with E-state index in [0.29, 0.717) is 12.0 Å². The molecule has 0 amide bonds. The fraction of sp³-hybridized carbons (Fsp3) is 0.455. The molecule has 14 heavy (non-hydrogen) atoms. The summed E-state index contributed by atoms with van der Waals surface area (Å²) in [6.07, 6.45) is 1.99. The van der Waals surface area contributed by atoms with E-state index in [2.05, 4.69) is 0 Å². The molecule has 0 spiro atoms. The van der Waals surface area contributed by atoms with E-state index in [0.717, 1.165) is 12.8 Å². The molecule has 1 unspecified atom stereocenters. The van der Waals surface area contributed by atoms with Gasteiger partial charge in [0.05, 0.1) is 6.10 Å². The van der Waals surface area contributed by atoms with Gasteiger partial charge < -0.3 is 15.3 Å². The van der Waals surface area contributed by atoms with Gasteiger partial charge in [0.15, 0.2) is 0 Å². The summed E-state index contributed by atoms with van der Waals surface area (Å²) in [7, 11) is 0. The van der Waals surface area contributed by atoms with Crippen LogP contribution in [0.15, 0.2) is 18.2 Å². The standard InChI is InChI=1S/C11H16O3/c1-2-3-4-11(14)8-5-9(12)7-10(13)6-8/h5-7,11-14H,2-4H2,1H3. The van der Waals surface area contributed by atoms with Crippen LogP contribution in [0.1, 0.15) is 37.9 Å². The number of aromatic hydroxyl groups is 2. The predicted octanol–water partition coefficient (Wildman–Crippen LogP) is 2.32. The summed E-state index contributed by atoms with van der Waals surface area (Å²) in [5, 5.41) is 28.1. The van der Waals surface area contributed by atoms with Crippen LogP contribution in [0.4, 0.5) is 0 Å². The third kappa shape index (κ3) is 2.92. The molecule has 0 saturated carbocycles. The maximum Gasteiger partial charge on any atom is 0.119 e. The van der Waals surface area contributed by atoms with E-state index in [-0.39, 0.29) is 11.5 Å². The number of rotatable bonds is 4. The Morgan fingerprint density at radius 1 is 1.14 bits per heavy atom. The second kappa shape index (κ2) is 4.86. The Kier molecular flexibility index (Phi) is 3.77. The van der Waals surface area contributed by atoms with Crippen molar-refractivity contribution in [2.24, 2.45) is 0 Å². The first kappa shape index (κ1) is 10.9. The first-order valence-electron chi connectivity index (χ1n) is 4.84. The Labute approximate surface area is 83.6 Å². The lowest BCUT2D eigenvalue weighted by atomic mass is 10.0. The number of phenolic OH excluding ortho intramolecular Hbond substituents is 2. The molecular formula is C11H16O3. The van der Waals surface area contributed by atoms with Gasteiger partial charge in [0, 0.05) is 6.07 Å². The van der Waals surface area contributed by atoms with Gasteiger partial charge in [0.25, 0.3) is 0 Å². The molecule has 0 radical (unpaired) electrons. The van der Waals surface area contributed by atoms with Gasteiger partial charge in [-0.25, -0.2) is 0 Å². The maximum atomic E-state index is 9.68. The Hall–Kier alpha value is -1.22. The third-order valence-corrected chi connectivity index (χ3v) is 2.14. The van der Waals surface area contributed by atoms with Crippen molar-refractivity contribution < 1.29 is 15.3 Å². The van der Waals surface area contributed by atoms with E-state index >= 15 is 0 Å². The first-order chi connectivity index (χ1) is 6.63. The Morgan fingerprint density at radius 3 is 2.21 bits per heavy atom. The van der Waals surface area contributed by atoms with Crippen LogP contribution >= 0.6 is 0 Å². The smallest absolute Gasteiger partial charge is 0.119 e. The number of hydrogen-bond donors (Lipinski definition) is 3. The second-order valence-corrected chi connectivity index (χ2v) is 3.44. The van der Waals surface area contributed by atoms with E-state index in [1.54, 1.807) is 0 Å². The van der Waals surface area contributed by atoms with Crippen LogP contribution in [0, 0.1) is 0 Å². The Bertz CT molecular complexity index is 276. The quantitative estimate of drug-likeness (QED) is 0.692. The third-order valence-electron chi connectivity index (χ3n) is 2.14. The lowest BCUT2D eigenvalue weighted by Crippen LogP contribution is -1.96. The number of phenols is 2. The summed E-state index contributed by atoms with van der Waals surface area (Å²) in [6, 6.07) is 4.19. The molecule has 0 bridgehead atoms. The highest BCUT2D eigenvalue weighted by Crippen LogP contribution is 2.27. The molecule has 0 aliphatic carbocycles. The van der Waals surface area contributed by atoms with Crippen molar-refractivity contribution in [3.8, 4) is 11.5 Å². The van der Waals surface area contributed by atoms with Gasteiger partial charge in [-0.1, -0.05) is 19.8 Å². The minimum absolute atomic E-state index is 0.0180. The highest BCUT2D eigenvalue weighted by Gasteiger charge is 2.08. The van der Waals surface area contributed by atoms with Crippen LogP contribution in [-0.4, -0.2) is 15.3 Å². The van der Waals surface area contributed by atoms with Crippen molar-refractivity contribution in [1.82, 2.24) is 0 Å². The minimum atomic E-state index is -0.604. The summed E-state index contributed by atoms with van der Waals surface area (Å²) in [5.41, 5.74) is 0.566. The molecule has 1 aromatic rings. The zero-order valence-corrected chi connectivity index (χ0v) is 8.27. The normalized spacial score (nSPS) is 12.7. The molecular weight excluding hydrogens is 180 g/mol. The molecule has 0 fully saturated rings. The van der Waals surface area contributed by atoms with E-state index in [1.165, 1.54) is 18.2 Å². The van der Waals surface area contributed by atoms with E-state index < -0.39 is 6.10 Å². The number of unbranched alkanes of at least 4 members (excludes halogenated alkanes) is 1. The van der Waals surface area contributed by atoms with Crippen molar-refractivity contribution >= 4 is 0 Å². The van der Waals surface area contributed by atoms with E-state index in [9.17, 15) is 15.3 Å². The largest absolute Gasteiger partial charge is 0.508 e. The van der Waals surface area contributed by atoms with Crippen LogP contribution in [0.2, 0.25) is 0 Å². The van der Waals surface area contributed by atoms with E-state index in [4.69, 9.17) is 0 Å². The molecule has 3 N–H and O–H groups in total. The van der Waals surface area contributed by atoms with Gasteiger partial charge in [-0.3, -0.25) is 0 Å². The summed E-state index contributed by atoms with van der Waals surface area (Å²) in [4.78, 5) is 0. The maximum absolute atomic E-state index is 9.68. The summed E-state index contributed by atoms with van der Waals surface area (Å²) < 4.78 is 0. The fourth-order valence-corrected chi connectivity index (χ4v) is 1.37. The lowest BCUT2D eigenvalue weighted by molar-refractivity contribution is 0.163. The average molecular weight is 196 g/mol. The molecule has 1 atom stereocenters.